The molecule has 1 rings (SSSR count). The molecule has 2 unspecified atom stereocenters. The second-order valence-corrected chi connectivity index (χ2v) is 5.93. The van der Waals surface area contributed by atoms with Crippen LogP contribution in [0.4, 0.5) is 0 Å². The Hall–Kier alpha value is -0.610. The lowest BCUT2D eigenvalue weighted by molar-refractivity contribution is -0.160. The van der Waals surface area contributed by atoms with Crippen molar-refractivity contribution in [1.29, 1.82) is 0 Å². The molecule has 0 bridgehead atoms. The van der Waals surface area contributed by atoms with Crippen LogP contribution in [0.15, 0.2) is 0 Å². The van der Waals surface area contributed by atoms with E-state index in [1.807, 2.05) is 0 Å². The Morgan fingerprint density at radius 2 is 2.18 bits per heavy atom. The van der Waals surface area contributed by atoms with Crippen LogP contribution in [0, 0.1) is 5.41 Å². The van der Waals surface area contributed by atoms with Gasteiger partial charge in [0.2, 0.25) is 0 Å². The number of ether oxygens (including phenoxy) is 1. The van der Waals surface area contributed by atoms with Gasteiger partial charge in [-0.05, 0) is 25.2 Å². The molecule has 4 nitrogen and oxygen atoms in total. The first-order valence-corrected chi connectivity index (χ1v) is 6.34. The van der Waals surface area contributed by atoms with E-state index >= 15 is 0 Å². The maximum Gasteiger partial charge on any atom is 0.338 e. The standard InChI is InChI=1S/C13H25NO3/c1-12(2)8-6-5-7-10(12)14-9-13(3,16)11(15)17-4/h10,14,16H,5-9H2,1-4H3. The molecule has 0 amide bonds. The molecule has 2 atom stereocenters. The zero-order chi connectivity index (χ0) is 13.1. The number of rotatable bonds is 4. The number of carbonyl (C=O) groups is 1. The summed E-state index contributed by atoms with van der Waals surface area (Å²) in [4.78, 5) is 11.4. The predicted molar refractivity (Wildman–Crippen MR) is 66.7 cm³/mol. The number of hydrogen-bond donors (Lipinski definition) is 2. The van der Waals surface area contributed by atoms with E-state index in [0.717, 1.165) is 6.42 Å². The van der Waals surface area contributed by atoms with Crippen molar-refractivity contribution in [1.82, 2.24) is 5.32 Å². The topological polar surface area (TPSA) is 58.6 Å². The zero-order valence-corrected chi connectivity index (χ0v) is 11.4. The van der Waals surface area contributed by atoms with E-state index in [0.29, 0.717) is 6.04 Å². The summed E-state index contributed by atoms with van der Waals surface area (Å²) in [6.07, 6.45) is 4.76. The predicted octanol–water partition coefficient (Wildman–Crippen LogP) is 1.47. The molecular weight excluding hydrogens is 218 g/mol. The van der Waals surface area contributed by atoms with Gasteiger partial charge in [0.25, 0.3) is 0 Å². The van der Waals surface area contributed by atoms with E-state index in [9.17, 15) is 9.90 Å². The molecule has 0 aliphatic heterocycles. The molecule has 17 heavy (non-hydrogen) atoms. The Morgan fingerprint density at radius 3 is 2.71 bits per heavy atom. The average Bonchev–Trinajstić information content (AvgIpc) is 2.25. The van der Waals surface area contributed by atoms with Crippen molar-refractivity contribution in [2.45, 2.75) is 58.1 Å². The van der Waals surface area contributed by atoms with Crippen molar-refractivity contribution >= 4 is 5.97 Å². The minimum atomic E-state index is -1.44. The third-order valence-electron chi connectivity index (χ3n) is 3.83. The second kappa shape index (κ2) is 5.36. The molecule has 1 fully saturated rings. The number of aliphatic hydroxyl groups is 1. The lowest BCUT2D eigenvalue weighted by Crippen LogP contribution is -2.52. The monoisotopic (exact) mass is 243 g/mol. The highest BCUT2D eigenvalue weighted by atomic mass is 16.5. The minimum absolute atomic E-state index is 0.227. The van der Waals surface area contributed by atoms with Crippen molar-refractivity contribution in [3.05, 3.63) is 0 Å². The van der Waals surface area contributed by atoms with E-state index in [1.165, 1.54) is 33.3 Å². The van der Waals surface area contributed by atoms with Crippen LogP contribution in [0.25, 0.3) is 0 Å². The fourth-order valence-corrected chi connectivity index (χ4v) is 2.49. The summed E-state index contributed by atoms with van der Waals surface area (Å²) >= 11 is 0. The number of hydrogen-bond acceptors (Lipinski definition) is 4. The average molecular weight is 243 g/mol. The maximum absolute atomic E-state index is 11.4. The van der Waals surface area contributed by atoms with E-state index in [1.54, 1.807) is 0 Å². The van der Waals surface area contributed by atoms with Crippen LogP contribution < -0.4 is 5.32 Å². The van der Waals surface area contributed by atoms with Gasteiger partial charge in [0.1, 0.15) is 0 Å². The van der Waals surface area contributed by atoms with Gasteiger partial charge in [-0.15, -0.1) is 0 Å². The quantitative estimate of drug-likeness (QED) is 0.734. The molecule has 0 aromatic carbocycles. The molecule has 0 spiro atoms. The van der Waals surface area contributed by atoms with Gasteiger partial charge in [0.15, 0.2) is 5.60 Å². The summed E-state index contributed by atoms with van der Waals surface area (Å²) in [5.74, 6) is -0.585. The van der Waals surface area contributed by atoms with Gasteiger partial charge in [0.05, 0.1) is 7.11 Å². The summed E-state index contributed by atoms with van der Waals surface area (Å²) in [6.45, 7) is 6.20. The summed E-state index contributed by atoms with van der Waals surface area (Å²) < 4.78 is 4.58. The fraction of sp³-hybridized carbons (Fsp3) is 0.923. The van der Waals surface area contributed by atoms with Crippen molar-refractivity contribution in [2.75, 3.05) is 13.7 Å². The third kappa shape index (κ3) is 3.68. The minimum Gasteiger partial charge on any atom is -0.467 e. The summed E-state index contributed by atoms with van der Waals surface area (Å²) in [5, 5.41) is 13.3. The van der Waals surface area contributed by atoms with Crippen LogP contribution in [0.3, 0.4) is 0 Å². The Morgan fingerprint density at radius 1 is 1.53 bits per heavy atom. The molecule has 1 aliphatic rings. The molecule has 0 heterocycles. The van der Waals surface area contributed by atoms with Gasteiger partial charge in [-0.3, -0.25) is 0 Å². The zero-order valence-electron chi connectivity index (χ0n) is 11.4. The van der Waals surface area contributed by atoms with E-state index in [4.69, 9.17) is 0 Å². The van der Waals surface area contributed by atoms with Crippen molar-refractivity contribution in [3.8, 4) is 0 Å². The summed E-state index contributed by atoms with van der Waals surface area (Å²) in [7, 11) is 1.29. The highest BCUT2D eigenvalue weighted by molar-refractivity contribution is 5.78. The van der Waals surface area contributed by atoms with Gasteiger partial charge >= 0.3 is 5.97 Å². The molecule has 100 valence electrons. The smallest absolute Gasteiger partial charge is 0.338 e. The van der Waals surface area contributed by atoms with Crippen LogP contribution in [-0.4, -0.2) is 36.4 Å². The lowest BCUT2D eigenvalue weighted by Gasteiger charge is -2.40. The number of carbonyl (C=O) groups excluding carboxylic acids is 1. The normalized spacial score (nSPS) is 27.2. The number of methoxy groups -OCH3 is 1. The van der Waals surface area contributed by atoms with Gasteiger partial charge in [-0.25, -0.2) is 4.79 Å². The third-order valence-corrected chi connectivity index (χ3v) is 3.83. The van der Waals surface area contributed by atoms with Crippen LogP contribution in [0.1, 0.15) is 46.5 Å². The first kappa shape index (κ1) is 14.5. The Bertz CT molecular complexity index is 274. The molecule has 2 N–H and O–H groups in total. The van der Waals surface area contributed by atoms with Crippen LogP contribution in [0.2, 0.25) is 0 Å². The van der Waals surface area contributed by atoms with Crippen molar-refractivity contribution < 1.29 is 14.6 Å². The summed E-state index contributed by atoms with van der Waals surface area (Å²) in [6, 6.07) is 0.354. The largest absolute Gasteiger partial charge is 0.467 e. The van der Waals surface area contributed by atoms with Gasteiger partial charge in [-0.1, -0.05) is 26.7 Å². The lowest BCUT2D eigenvalue weighted by atomic mass is 9.73. The molecular formula is C13H25NO3. The summed E-state index contributed by atoms with van der Waals surface area (Å²) in [5.41, 5.74) is -1.22. The molecule has 1 aliphatic carbocycles. The molecule has 0 aromatic rings. The molecule has 1 saturated carbocycles. The van der Waals surface area contributed by atoms with Gasteiger partial charge in [0, 0.05) is 12.6 Å². The van der Waals surface area contributed by atoms with E-state index in [2.05, 4.69) is 23.9 Å². The number of esters is 1. The second-order valence-electron chi connectivity index (χ2n) is 5.93. The molecule has 0 radical (unpaired) electrons. The SMILES string of the molecule is COC(=O)C(C)(O)CNC1CCCCC1(C)C. The van der Waals surface area contributed by atoms with Crippen LogP contribution >= 0.6 is 0 Å². The van der Waals surface area contributed by atoms with Crippen LogP contribution in [0.5, 0.6) is 0 Å². The first-order chi connectivity index (χ1) is 7.79. The van der Waals surface area contributed by atoms with Crippen molar-refractivity contribution in [2.24, 2.45) is 5.41 Å². The Labute approximate surface area is 104 Å². The maximum atomic E-state index is 11.4. The number of nitrogens with one attached hydrogen (secondary N) is 1. The Kier molecular flexibility index (Phi) is 4.55. The van der Waals surface area contributed by atoms with Gasteiger partial charge < -0.3 is 15.2 Å². The highest BCUT2D eigenvalue weighted by Gasteiger charge is 2.36. The molecule has 0 saturated heterocycles. The van der Waals surface area contributed by atoms with Gasteiger partial charge in [-0.2, -0.15) is 0 Å². The van der Waals surface area contributed by atoms with E-state index in [-0.39, 0.29) is 12.0 Å². The van der Waals surface area contributed by atoms with E-state index < -0.39 is 11.6 Å². The highest BCUT2D eigenvalue weighted by Crippen LogP contribution is 2.35. The van der Waals surface area contributed by atoms with Crippen molar-refractivity contribution in [3.63, 3.8) is 0 Å². The first-order valence-electron chi connectivity index (χ1n) is 6.34. The fourth-order valence-electron chi connectivity index (χ4n) is 2.49. The molecule has 4 heteroatoms. The van der Waals surface area contributed by atoms with Crippen LogP contribution in [-0.2, 0) is 9.53 Å². The Balaban J connectivity index is 2.52. The molecule has 0 aromatic heterocycles.